The summed E-state index contributed by atoms with van der Waals surface area (Å²) in [5, 5.41) is 11.8. The third-order valence-electron chi connectivity index (χ3n) is 2.99. The number of amides is 1. The van der Waals surface area contributed by atoms with E-state index in [0.29, 0.717) is 12.5 Å². The third-order valence-corrected chi connectivity index (χ3v) is 3.72. The van der Waals surface area contributed by atoms with Crippen molar-refractivity contribution in [1.82, 2.24) is 10.6 Å². The number of thiophene rings is 1. The van der Waals surface area contributed by atoms with Gasteiger partial charge in [-0.05, 0) is 34.5 Å². The molecule has 0 aliphatic carbocycles. The molecule has 25 heavy (non-hydrogen) atoms. The van der Waals surface area contributed by atoms with Gasteiger partial charge in [0.05, 0.1) is 12.2 Å². The van der Waals surface area contributed by atoms with E-state index < -0.39 is 29.0 Å². The minimum Gasteiger partial charge on any atom is -0.352 e. The quantitative estimate of drug-likeness (QED) is 0.265. The second kappa shape index (κ2) is 10.2. The summed E-state index contributed by atoms with van der Waals surface area (Å²) in [7, 11) is 1.54. The van der Waals surface area contributed by atoms with E-state index in [1.807, 2.05) is 16.8 Å². The molecule has 3 N–H and O–H groups in total. The number of aliphatic imine (C=N–C) groups is 1. The Hall–Kier alpha value is -1.82. The minimum absolute atomic E-state index is 0. The largest absolute Gasteiger partial charge is 0.352 e. The fourth-order valence-electron chi connectivity index (χ4n) is 1.78. The van der Waals surface area contributed by atoms with Gasteiger partial charge in [0, 0.05) is 13.6 Å². The molecule has 2 rings (SSSR count). The number of nitrogens with one attached hydrogen (secondary N) is 3. The van der Waals surface area contributed by atoms with Crippen LogP contribution in [0.2, 0.25) is 0 Å². The van der Waals surface area contributed by atoms with Gasteiger partial charge in [-0.2, -0.15) is 11.3 Å². The van der Waals surface area contributed by atoms with Gasteiger partial charge in [0.25, 0.3) is 0 Å². The predicted molar refractivity (Wildman–Crippen MR) is 103 cm³/mol. The van der Waals surface area contributed by atoms with Crippen LogP contribution in [-0.2, 0) is 11.3 Å². The Labute approximate surface area is 163 Å². The third kappa shape index (κ3) is 6.20. The van der Waals surface area contributed by atoms with Crippen LogP contribution in [0.1, 0.15) is 5.56 Å². The van der Waals surface area contributed by atoms with Crippen LogP contribution in [0.25, 0.3) is 0 Å². The van der Waals surface area contributed by atoms with E-state index in [2.05, 4.69) is 20.9 Å². The summed E-state index contributed by atoms with van der Waals surface area (Å²) >= 11 is 1.56. The fourth-order valence-corrected chi connectivity index (χ4v) is 2.45. The summed E-state index contributed by atoms with van der Waals surface area (Å²) in [6.45, 7) is 0.310. The van der Waals surface area contributed by atoms with Gasteiger partial charge < -0.3 is 16.0 Å². The summed E-state index contributed by atoms with van der Waals surface area (Å²) in [6, 6.07) is 3.64. The van der Waals surface area contributed by atoms with Crippen LogP contribution in [-0.4, -0.2) is 25.5 Å². The Morgan fingerprint density at radius 2 is 1.92 bits per heavy atom. The van der Waals surface area contributed by atoms with Gasteiger partial charge in [0.1, 0.15) is 0 Å². The number of rotatable bonds is 5. The lowest BCUT2D eigenvalue weighted by Gasteiger charge is -2.12. The molecule has 0 saturated carbocycles. The molecule has 136 valence electrons. The molecule has 0 spiro atoms. The van der Waals surface area contributed by atoms with Crippen LogP contribution in [0, 0.1) is 17.5 Å². The predicted octanol–water partition coefficient (Wildman–Crippen LogP) is 3.09. The number of guanidine groups is 1. The Bertz CT molecular complexity index is 741. The molecule has 1 aromatic heterocycles. The van der Waals surface area contributed by atoms with Crippen LogP contribution in [0.5, 0.6) is 0 Å². The van der Waals surface area contributed by atoms with Crippen molar-refractivity contribution >= 4 is 52.9 Å². The maximum atomic E-state index is 13.5. The second-order valence-corrected chi connectivity index (χ2v) is 5.46. The Morgan fingerprint density at radius 3 is 2.56 bits per heavy atom. The van der Waals surface area contributed by atoms with Crippen molar-refractivity contribution in [2.75, 3.05) is 18.9 Å². The highest BCUT2D eigenvalue weighted by molar-refractivity contribution is 14.0. The molecule has 0 radical (unpaired) electrons. The summed E-state index contributed by atoms with van der Waals surface area (Å²) in [5.41, 5.74) is 0.637. The zero-order chi connectivity index (χ0) is 17.5. The molecule has 0 aliphatic rings. The topological polar surface area (TPSA) is 65.5 Å². The Morgan fingerprint density at radius 1 is 1.16 bits per heavy atom. The molecule has 0 aliphatic heterocycles. The highest BCUT2D eigenvalue weighted by atomic mass is 127. The smallest absolute Gasteiger partial charge is 0.243 e. The van der Waals surface area contributed by atoms with Gasteiger partial charge in [-0.15, -0.1) is 24.0 Å². The van der Waals surface area contributed by atoms with Gasteiger partial charge in [-0.25, -0.2) is 13.2 Å². The zero-order valence-corrected chi connectivity index (χ0v) is 16.3. The van der Waals surface area contributed by atoms with Crippen molar-refractivity contribution in [2.45, 2.75) is 6.54 Å². The molecule has 2 aromatic rings. The van der Waals surface area contributed by atoms with Crippen molar-refractivity contribution in [1.29, 1.82) is 0 Å². The highest BCUT2D eigenvalue weighted by Gasteiger charge is 2.15. The molecule has 0 saturated heterocycles. The second-order valence-electron chi connectivity index (χ2n) is 4.68. The normalized spacial score (nSPS) is 10.8. The standard InChI is InChI=1S/C15H15F3N4OS.HI/c1-19-15(20-6-9-4-5-24-8-9)21-7-12(23)22-11-3-2-10(16)13(17)14(11)18;/h2-5,8H,6-7H2,1H3,(H,22,23)(H2,19,20,21);1H. The van der Waals surface area contributed by atoms with Gasteiger partial charge in [-0.1, -0.05) is 0 Å². The molecular formula is C15H16F3IN4OS. The Balaban J connectivity index is 0.00000312. The van der Waals surface area contributed by atoms with Crippen LogP contribution in [0.3, 0.4) is 0 Å². The maximum Gasteiger partial charge on any atom is 0.243 e. The van der Waals surface area contributed by atoms with Crippen LogP contribution in [0.15, 0.2) is 34.0 Å². The minimum atomic E-state index is -1.63. The van der Waals surface area contributed by atoms with Gasteiger partial charge in [0.15, 0.2) is 23.4 Å². The molecule has 0 atom stereocenters. The van der Waals surface area contributed by atoms with Crippen molar-refractivity contribution in [3.8, 4) is 0 Å². The number of halogens is 4. The summed E-state index contributed by atoms with van der Waals surface area (Å²) in [4.78, 5) is 15.7. The zero-order valence-electron chi connectivity index (χ0n) is 13.1. The molecular weight excluding hydrogens is 468 g/mol. The Kier molecular flexibility index (Phi) is 8.69. The van der Waals surface area contributed by atoms with Crippen molar-refractivity contribution in [3.63, 3.8) is 0 Å². The summed E-state index contributed by atoms with van der Waals surface area (Å²) in [5.74, 6) is -4.64. The number of carbonyl (C=O) groups excluding carboxylic acids is 1. The van der Waals surface area contributed by atoms with E-state index >= 15 is 0 Å². The molecule has 10 heteroatoms. The number of anilines is 1. The van der Waals surface area contributed by atoms with E-state index in [-0.39, 0.29) is 30.5 Å². The molecule has 0 fully saturated rings. The molecule has 1 aromatic carbocycles. The highest BCUT2D eigenvalue weighted by Crippen LogP contribution is 2.19. The molecule has 1 amide bonds. The lowest BCUT2D eigenvalue weighted by molar-refractivity contribution is -0.115. The number of hydrogen-bond acceptors (Lipinski definition) is 3. The van der Waals surface area contributed by atoms with Crippen molar-refractivity contribution < 1.29 is 18.0 Å². The van der Waals surface area contributed by atoms with E-state index in [1.54, 1.807) is 11.3 Å². The van der Waals surface area contributed by atoms with Crippen molar-refractivity contribution in [2.24, 2.45) is 4.99 Å². The van der Waals surface area contributed by atoms with Crippen molar-refractivity contribution in [3.05, 3.63) is 52.0 Å². The van der Waals surface area contributed by atoms with E-state index in [9.17, 15) is 18.0 Å². The first-order chi connectivity index (χ1) is 11.5. The first kappa shape index (κ1) is 21.2. The SMILES string of the molecule is CN=C(NCC(=O)Nc1ccc(F)c(F)c1F)NCc1ccsc1.I. The summed E-state index contributed by atoms with van der Waals surface area (Å²) < 4.78 is 39.4. The van der Waals surface area contributed by atoms with Gasteiger partial charge in [0.2, 0.25) is 5.91 Å². The number of nitrogens with zero attached hydrogens (tertiary/aromatic N) is 1. The van der Waals surface area contributed by atoms with Gasteiger partial charge >= 0.3 is 0 Å². The lowest BCUT2D eigenvalue weighted by Crippen LogP contribution is -2.41. The van der Waals surface area contributed by atoms with E-state index in [0.717, 1.165) is 17.7 Å². The monoisotopic (exact) mass is 484 g/mol. The van der Waals surface area contributed by atoms with E-state index in [4.69, 9.17) is 0 Å². The van der Waals surface area contributed by atoms with E-state index in [1.165, 1.54) is 7.05 Å². The first-order valence-corrected chi connectivity index (χ1v) is 7.84. The van der Waals surface area contributed by atoms with Crippen LogP contribution < -0.4 is 16.0 Å². The maximum absolute atomic E-state index is 13.5. The lowest BCUT2D eigenvalue weighted by atomic mass is 10.2. The van der Waals surface area contributed by atoms with Crippen LogP contribution >= 0.6 is 35.3 Å². The first-order valence-electron chi connectivity index (χ1n) is 6.90. The molecule has 0 bridgehead atoms. The number of benzene rings is 1. The average molecular weight is 484 g/mol. The molecule has 1 heterocycles. The van der Waals surface area contributed by atoms with Gasteiger partial charge in [-0.3, -0.25) is 9.79 Å². The fraction of sp³-hybridized carbons (Fsp3) is 0.200. The molecule has 0 unspecified atom stereocenters. The van der Waals surface area contributed by atoms with Crippen LogP contribution in [0.4, 0.5) is 18.9 Å². The number of hydrogen-bond donors (Lipinski definition) is 3. The summed E-state index contributed by atoms with van der Waals surface area (Å²) in [6.07, 6.45) is 0. The average Bonchev–Trinajstić information content (AvgIpc) is 3.09. The number of carbonyl (C=O) groups is 1. The molecule has 5 nitrogen and oxygen atoms in total.